The smallest absolute Gasteiger partial charge is 0.274 e. The lowest BCUT2D eigenvalue weighted by atomic mass is 10.2. The first-order valence-corrected chi connectivity index (χ1v) is 7.67. The van der Waals surface area contributed by atoms with Crippen molar-refractivity contribution in [3.05, 3.63) is 23.2 Å². The molecule has 0 radical (unpaired) electrons. The Labute approximate surface area is 116 Å². The summed E-state index contributed by atoms with van der Waals surface area (Å²) in [6.45, 7) is 1.59. The first-order valence-electron chi connectivity index (χ1n) is 6.00. The molecule has 2 heterocycles. The van der Waals surface area contributed by atoms with Crippen LogP contribution in [0.2, 0.25) is 5.15 Å². The maximum Gasteiger partial charge on any atom is 0.274 e. The Bertz CT molecular complexity index is 430. The average molecular weight is 286 g/mol. The highest BCUT2D eigenvalue weighted by molar-refractivity contribution is 7.99. The fourth-order valence-corrected chi connectivity index (χ4v) is 3.00. The van der Waals surface area contributed by atoms with Gasteiger partial charge in [0.05, 0.1) is 12.4 Å². The molecule has 4 nitrogen and oxygen atoms in total. The summed E-state index contributed by atoms with van der Waals surface area (Å²) in [5.74, 6) is -0.0632. The van der Waals surface area contributed by atoms with Crippen LogP contribution < -0.4 is 0 Å². The van der Waals surface area contributed by atoms with Crippen molar-refractivity contribution in [3.63, 3.8) is 0 Å². The zero-order valence-corrected chi connectivity index (χ0v) is 11.9. The zero-order valence-electron chi connectivity index (χ0n) is 10.3. The molecule has 1 amide bonds. The molecule has 0 aliphatic carbocycles. The molecule has 18 heavy (non-hydrogen) atoms. The van der Waals surface area contributed by atoms with E-state index in [1.807, 2.05) is 16.7 Å². The Morgan fingerprint density at radius 1 is 1.44 bits per heavy atom. The van der Waals surface area contributed by atoms with Crippen LogP contribution in [-0.4, -0.2) is 45.4 Å². The summed E-state index contributed by atoms with van der Waals surface area (Å²) in [6, 6.07) is 0. The van der Waals surface area contributed by atoms with E-state index >= 15 is 0 Å². The molecule has 2 rings (SSSR count). The highest BCUT2D eigenvalue weighted by Crippen LogP contribution is 2.21. The van der Waals surface area contributed by atoms with Crippen molar-refractivity contribution in [1.29, 1.82) is 0 Å². The number of likely N-dealkylation sites (tertiary alicyclic amines) is 1. The minimum Gasteiger partial charge on any atom is -0.337 e. The van der Waals surface area contributed by atoms with E-state index in [4.69, 9.17) is 11.6 Å². The van der Waals surface area contributed by atoms with Crippen LogP contribution in [-0.2, 0) is 0 Å². The minimum absolute atomic E-state index is 0.0632. The first kappa shape index (κ1) is 13.6. The van der Waals surface area contributed by atoms with Gasteiger partial charge in [-0.2, -0.15) is 11.8 Å². The van der Waals surface area contributed by atoms with Crippen LogP contribution in [0.3, 0.4) is 0 Å². The van der Waals surface area contributed by atoms with Crippen molar-refractivity contribution in [2.24, 2.45) is 0 Å². The number of hydrogen-bond acceptors (Lipinski definition) is 4. The normalized spacial score (nSPS) is 20.6. The molecule has 1 atom stereocenters. The number of carbonyl (C=O) groups is 1. The monoisotopic (exact) mass is 285 g/mol. The standard InChI is InChI=1S/C12H16ClN3OS/c1-18-9-3-2-5-16(6-4-9)12(17)10-7-14-8-11(13)15-10/h7-9H,2-6H2,1H3. The van der Waals surface area contributed by atoms with Gasteiger partial charge in [-0.15, -0.1) is 0 Å². The molecule has 0 saturated carbocycles. The van der Waals surface area contributed by atoms with Crippen LogP contribution >= 0.6 is 23.4 Å². The molecule has 0 aromatic carbocycles. The van der Waals surface area contributed by atoms with E-state index in [9.17, 15) is 4.79 Å². The molecule has 0 spiro atoms. The molecular weight excluding hydrogens is 270 g/mol. The molecular formula is C12H16ClN3OS. The fraction of sp³-hybridized carbons (Fsp3) is 0.583. The van der Waals surface area contributed by atoms with Gasteiger partial charge in [0.1, 0.15) is 10.8 Å². The van der Waals surface area contributed by atoms with E-state index in [0.29, 0.717) is 10.9 Å². The highest BCUT2D eigenvalue weighted by Gasteiger charge is 2.22. The predicted octanol–water partition coefficient (Wildman–Crippen LogP) is 2.49. The van der Waals surface area contributed by atoms with Crippen molar-refractivity contribution >= 4 is 29.3 Å². The second-order valence-corrected chi connectivity index (χ2v) is 5.83. The topological polar surface area (TPSA) is 46.1 Å². The summed E-state index contributed by atoms with van der Waals surface area (Å²) >= 11 is 7.64. The average Bonchev–Trinajstić information content (AvgIpc) is 2.63. The van der Waals surface area contributed by atoms with Gasteiger partial charge in [-0.3, -0.25) is 9.78 Å². The molecule has 98 valence electrons. The van der Waals surface area contributed by atoms with E-state index in [1.54, 1.807) is 0 Å². The number of hydrogen-bond donors (Lipinski definition) is 0. The Morgan fingerprint density at radius 3 is 3.00 bits per heavy atom. The number of halogens is 1. The summed E-state index contributed by atoms with van der Waals surface area (Å²) in [7, 11) is 0. The molecule has 0 bridgehead atoms. The van der Waals surface area contributed by atoms with Crippen molar-refractivity contribution in [2.75, 3.05) is 19.3 Å². The van der Waals surface area contributed by atoms with Crippen LogP contribution in [0.1, 0.15) is 29.8 Å². The molecule has 1 aliphatic heterocycles. The van der Waals surface area contributed by atoms with Crippen molar-refractivity contribution in [1.82, 2.24) is 14.9 Å². The van der Waals surface area contributed by atoms with E-state index in [-0.39, 0.29) is 11.1 Å². The molecule has 1 aromatic rings. The summed E-state index contributed by atoms with van der Waals surface area (Å²) in [4.78, 5) is 22.0. The molecule has 1 aromatic heterocycles. The molecule has 1 aliphatic rings. The van der Waals surface area contributed by atoms with E-state index in [1.165, 1.54) is 18.8 Å². The third-order valence-electron chi connectivity index (χ3n) is 3.12. The third kappa shape index (κ3) is 3.36. The lowest BCUT2D eigenvalue weighted by Crippen LogP contribution is -2.32. The number of thioether (sulfide) groups is 1. The van der Waals surface area contributed by atoms with Gasteiger partial charge >= 0.3 is 0 Å². The number of carbonyl (C=O) groups excluding carboxylic acids is 1. The lowest BCUT2D eigenvalue weighted by molar-refractivity contribution is 0.0755. The Hall–Kier alpha value is -0.810. The van der Waals surface area contributed by atoms with Gasteiger partial charge in [-0.1, -0.05) is 11.6 Å². The van der Waals surface area contributed by atoms with Gasteiger partial charge < -0.3 is 4.90 Å². The zero-order chi connectivity index (χ0) is 13.0. The Morgan fingerprint density at radius 2 is 2.28 bits per heavy atom. The molecule has 6 heteroatoms. The largest absolute Gasteiger partial charge is 0.337 e. The molecule has 0 N–H and O–H groups in total. The van der Waals surface area contributed by atoms with Gasteiger partial charge in [-0.05, 0) is 25.5 Å². The number of amides is 1. The lowest BCUT2D eigenvalue weighted by Gasteiger charge is -2.19. The number of nitrogens with zero attached hydrogens (tertiary/aromatic N) is 3. The summed E-state index contributed by atoms with van der Waals surface area (Å²) in [5.41, 5.74) is 0.338. The maximum absolute atomic E-state index is 12.3. The van der Waals surface area contributed by atoms with Crippen molar-refractivity contribution in [3.8, 4) is 0 Å². The quantitative estimate of drug-likeness (QED) is 0.837. The van der Waals surface area contributed by atoms with E-state index in [2.05, 4.69) is 16.2 Å². The second-order valence-electron chi connectivity index (χ2n) is 4.31. The predicted molar refractivity (Wildman–Crippen MR) is 74.1 cm³/mol. The van der Waals surface area contributed by atoms with Gasteiger partial charge in [0.15, 0.2) is 0 Å². The number of rotatable bonds is 2. The van der Waals surface area contributed by atoms with Crippen molar-refractivity contribution < 1.29 is 4.79 Å². The van der Waals surface area contributed by atoms with Gasteiger partial charge in [0, 0.05) is 18.3 Å². The molecule has 1 unspecified atom stereocenters. The van der Waals surface area contributed by atoms with E-state index in [0.717, 1.165) is 25.9 Å². The maximum atomic E-state index is 12.3. The van der Waals surface area contributed by atoms with Gasteiger partial charge in [0.2, 0.25) is 0 Å². The van der Waals surface area contributed by atoms with Crippen LogP contribution in [0.15, 0.2) is 12.4 Å². The summed E-state index contributed by atoms with van der Waals surface area (Å²) in [6.07, 6.45) is 8.30. The Balaban J connectivity index is 2.05. The van der Waals surface area contributed by atoms with Gasteiger partial charge in [0.25, 0.3) is 5.91 Å². The van der Waals surface area contributed by atoms with Crippen LogP contribution in [0.5, 0.6) is 0 Å². The van der Waals surface area contributed by atoms with E-state index < -0.39 is 0 Å². The SMILES string of the molecule is CSC1CCCN(C(=O)c2cncc(Cl)n2)CC1. The first-order chi connectivity index (χ1) is 8.70. The third-order valence-corrected chi connectivity index (χ3v) is 4.44. The molecule has 1 saturated heterocycles. The van der Waals surface area contributed by atoms with Crippen LogP contribution in [0.4, 0.5) is 0 Å². The fourth-order valence-electron chi connectivity index (χ4n) is 2.11. The Kier molecular flexibility index (Phi) is 4.83. The van der Waals surface area contributed by atoms with Crippen LogP contribution in [0.25, 0.3) is 0 Å². The van der Waals surface area contributed by atoms with Gasteiger partial charge in [-0.25, -0.2) is 4.98 Å². The second kappa shape index (κ2) is 6.38. The highest BCUT2D eigenvalue weighted by atomic mass is 35.5. The minimum atomic E-state index is -0.0632. The summed E-state index contributed by atoms with van der Waals surface area (Å²) < 4.78 is 0. The molecule has 1 fully saturated rings. The summed E-state index contributed by atoms with van der Waals surface area (Å²) in [5, 5.41) is 0.922. The number of aromatic nitrogens is 2. The van der Waals surface area contributed by atoms with Crippen LogP contribution in [0, 0.1) is 0 Å². The van der Waals surface area contributed by atoms with Crippen molar-refractivity contribution in [2.45, 2.75) is 24.5 Å².